The summed E-state index contributed by atoms with van der Waals surface area (Å²) in [6.45, 7) is 5.45. The Morgan fingerprint density at radius 2 is 2.15 bits per heavy atom. The molecular formula is C18H27ClN6O2. The van der Waals surface area contributed by atoms with Crippen LogP contribution in [0.25, 0.3) is 0 Å². The van der Waals surface area contributed by atoms with Crippen LogP contribution in [0.5, 0.6) is 0 Å². The number of anilines is 1. The third kappa shape index (κ3) is 5.92. The molecule has 148 valence electrons. The van der Waals surface area contributed by atoms with Gasteiger partial charge in [-0.25, -0.2) is 4.79 Å². The van der Waals surface area contributed by atoms with Crippen molar-refractivity contribution in [2.24, 2.45) is 0 Å². The van der Waals surface area contributed by atoms with Gasteiger partial charge >= 0.3 is 6.03 Å². The number of rotatable bonds is 6. The number of carbonyl (C=O) groups is 1. The Bertz CT molecular complexity index is 721. The largest absolute Gasteiger partial charge is 0.339 e. The van der Waals surface area contributed by atoms with Crippen molar-refractivity contribution in [1.82, 2.24) is 25.7 Å². The van der Waals surface area contributed by atoms with Gasteiger partial charge in [0.05, 0.1) is 12.5 Å². The molecule has 0 radical (unpaired) electrons. The monoisotopic (exact) mass is 394 g/mol. The van der Waals surface area contributed by atoms with E-state index in [1.165, 1.54) is 0 Å². The lowest BCUT2D eigenvalue weighted by atomic mass is 10.1. The van der Waals surface area contributed by atoms with Crippen molar-refractivity contribution in [3.63, 3.8) is 0 Å². The molecule has 0 aliphatic carbocycles. The van der Waals surface area contributed by atoms with Crippen LogP contribution >= 0.6 is 12.4 Å². The zero-order chi connectivity index (χ0) is 18.4. The molecule has 1 atom stereocenters. The van der Waals surface area contributed by atoms with Gasteiger partial charge in [-0.3, -0.25) is 4.90 Å². The highest BCUT2D eigenvalue weighted by molar-refractivity contribution is 5.89. The van der Waals surface area contributed by atoms with Crippen molar-refractivity contribution in [1.29, 1.82) is 0 Å². The SMILES string of the molecule is CCCNC(=O)Nc1ccc(Cc2nc(C3CNCCN3C)no2)cc1.Cl. The number of hydrogen-bond acceptors (Lipinski definition) is 6. The summed E-state index contributed by atoms with van der Waals surface area (Å²) in [5.41, 5.74) is 1.80. The van der Waals surface area contributed by atoms with Gasteiger partial charge in [-0.2, -0.15) is 4.98 Å². The normalized spacial score (nSPS) is 17.2. The first-order valence-corrected chi connectivity index (χ1v) is 9.03. The number of aromatic nitrogens is 2. The van der Waals surface area contributed by atoms with Crippen molar-refractivity contribution >= 4 is 24.1 Å². The maximum atomic E-state index is 11.7. The molecule has 3 rings (SSSR count). The molecule has 1 saturated heterocycles. The molecule has 0 spiro atoms. The van der Waals surface area contributed by atoms with Gasteiger partial charge in [-0.05, 0) is 31.2 Å². The second kappa shape index (κ2) is 10.2. The fourth-order valence-electron chi connectivity index (χ4n) is 2.86. The molecular weight excluding hydrogens is 368 g/mol. The van der Waals surface area contributed by atoms with E-state index < -0.39 is 0 Å². The van der Waals surface area contributed by atoms with Crippen LogP contribution in [-0.2, 0) is 6.42 Å². The van der Waals surface area contributed by atoms with Gasteiger partial charge in [0.1, 0.15) is 0 Å². The molecule has 8 nitrogen and oxygen atoms in total. The van der Waals surface area contributed by atoms with Crippen molar-refractivity contribution in [2.45, 2.75) is 25.8 Å². The third-order valence-electron chi connectivity index (χ3n) is 4.40. The summed E-state index contributed by atoms with van der Waals surface area (Å²) in [4.78, 5) is 18.4. The summed E-state index contributed by atoms with van der Waals surface area (Å²) in [7, 11) is 2.07. The van der Waals surface area contributed by atoms with E-state index in [9.17, 15) is 4.79 Å². The number of carbonyl (C=O) groups excluding carboxylic acids is 1. The molecule has 9 heteroatoms. The number of amides is 2. The predicted octanol–water partition coefficient (Wildman–Crippen LogP) is 2.19. The predicted molar refractivity (Wildman–Crippen MR) is 106 cm³/mol. The van der Waals surface area contributed by atoms with E-state index in [-0.39, 0.29) is 24.5 Å². The lowest BCUT2D eigenvalue weighted by Crippen LogP contribution is -2.44. The maximum Gasteiger partial charge on any atom is 0.319 e. The van der Waals surface area contributed by atoms with Gasteiger partial charge < -0.3 is 20.5 Å². The van der Waals surface area contributed by atoms with Crippen LogP contribution in [0.2, 0.25) is 0 Å². The van der Waals surface area contributed by atoms with Crippen molar-refractivity contribution in [3.8, 4) is 0 Å². The topological polar surface area (TPSA) is 95.3 Å². The zero-order valence-electron chi connectivity index (χ0n) is 15.7. The summed E-state index contributed by atoms with van der Waals surface area (Å²) in [6.07, 6.45) is 1.48. The van der Waals surface area contributed by atoms with Crippen molar-refractivity contribution in [3.05, 3.63) is 41.5 Å². The molecule has 1 fully saturated rings. The van der Waals surface area contributed by atoms with E-state index in [4.69, 9.17) is 4.52 Å². The second-order valence-electron chi connectivity index (χ2n) is 6.50. The van der Waals surface area contributed by atoms with Crippen LogP contribution in [0.1, 0.15) is 36.7 Å². The molecule has 27 heavy (non-hydrogen) atoms. The summed E-state index contributed by atoms with van der Waals surface area (Å²) in [5, 5.41) is 13.1. The number of piperazine rings is 1. The average molecular weight is 395 g/mol. The number of likely N-dealkylation sites (N-methyl/N-ethyl adjacent to an activating group) is 1. The first-order chi connectivity index (χ1) is 12.7. The first-order valence-electron chi connectivity index (χ1n) is 9.03. The zero-order valence-corrected chi connectivity index (χ0v) is 16.5. The van der Waals surface area contributed by atoms with E-state index in [1.54, 1.807) is 0 Å². The standard InChI is InChI=1S/C18H26N6O2.ClH/c1-3-8-20-18(25)21-14-6-4-13(5-7-14)11-16-22-17(23-26-16)15-12-19-9-10-24(15)2;/h4-7,15,19H,3,8-12H2,1-2H3,(H2,20,21,25);1H. The van der Waals surface area contributed by atoms with Gasteiger partial charge in [0.25, 0.3) is 0 Å². The lowest BCUT2D eigenvalue weighted by molar-refractivity contribution is 0.190. The highest BCUT2D eigenvalue weighted by atomic mass is 35.5. The molecule has 2 amide bonds. The molecule has 2 aromatic rings. The van der Waals surface area contributed by atoms with E-state index in [2.05, 4.69) is 38.0 Å². The third-order valence-corrected chi connectivity index (χ3v) is 4.40. The van der Waals surface area contributed by atoms with Crippen molar-refractivity contribution in [2.75, 3.05) is 38.5 Å². The van der Waals surface area contributed by atoms with Crippen LogP contribution in [0.3, 0.4) is 0 Å². The minimum Gasteiger partial charge on any atom is -0.339 e. The molecule has 2 heterocycles. The quantitative estimate of drug-likeness (QED) is 0.695. The Hall–Kier alpha value is -2.16. The fourth-order valence-corrected chi connectivity index (χ4v) is 2.86. The van der Waals surface area contributed by atoms with Crippen molar-refractivity contribution < 1.29 is 9.32 Å². The molecule has 1 aromatic carbocycles. The van der Waals surface area contributed by atoms with Crippen LogP contribution in [-0.4, -0.2) is 54.3 Å². The Balaban J connectivity index is 0.00000261. The van der Waals surface area contributed by atoms with Crippen LogP contribution in [0.15, 0.2) is 28.8 Å². The molecule has 0 saturated carbocycles. The van der Waals surface area contributed by atoms with E-state index in [1.807, 2.05) is 31.2 Å². The van der Waals surface area contributed by atoms with Crippen LogP contribution < -0.4 is 16.0 Å². The first kappa shape index (κ1) is 21.1. The minimum absolute atomic E-state index is 0. The number of nitrogens with one attached hydrogen (secondary N) is 3. The molecule has 3 N–H and O–H groups in total. The Morgan fingerprint density at radius 1 is 1.37 bits per heavy atom. The summed E-state index contributed by atoms with van der Waals surface area (Å²) in [5.74, 6) is 1.32. The molecule has 1 aliphatic rings. The molecule has 1 unspecified atom stereocenters. The Labute approximate surface area is 165 Å². The highest BCUT2D eigenvalue weighted by Crippen LogP contribution is 2.19. The van der Waals surface area contributed by atoms with E-state index in [0.717, 1.165) is 43.1 Å². The summed E-state index contributed by atoms with van der Waals surface area (Å²) in [6, 6.07) is 7.61. The number of halogens is 1. The van der Waals surface area contributed by atoms with Gasteiger partial charge in [0.15, 0.2) is 5.82 Å². The number of hydrogen-bond donors (Lipinski definition) is 3. The van der Waals surface area contributed by atoms with Crippen LogP contribution in [0, 0.1) is 0 Å². The van der Waals surface area contributed by atoms with Gasteiger partial charge in [0.2, 0.25) is 5.89 Å². The lowest BCUT2D eigenvalue weighted by Gasteiger charge is -2.30. The van der Waals surface area contributed by atoms with Gasteiger partial charge in [-0.1, -0.05) is 24.2 Å². The molecule has 1 aromatic heterocycles. The summed E-state index contributed by atoms with van der Waals surface area (Å²) < 4.78 is 5.41. The van der Waals surface area contributed by atoms with E-state index in [0.29, 0.717) is 18.9 Å². The minimum atomic E-state index is -0.189. The van der Waals surface area contributed by atoms with E-state index >= 15 is 0 Å². The second-order valence-corrected chi connectivity index (χ2v) is 6.50. The smallest absolute Gasteiger partial charge is 0.319 e. The maximum absolute atomic E-state index is 11.7. The number of nitrogens with zero attached hydrogens (tertiary/aromatic N) is 3. The number of benzene rings is 1. The number of urea groups is 1. The Kier molecular flexibility index (Phi) is 8.02. The van der Waals surface area contributed by atoms with Gasteiger partial charge in [-0.15, -0.1) is 12.4 Å². The highest BCUT2D eigenvalue weighted by Gasteiger charge is 2.25. The molecule has 1 aliphatic heterocycles. The van der Waals surface area contributed by atoms with Gasteiger partial charge in [0, 0.05) is 31.9 Å². The average Bonchev–Trinajstić information content (AvgIpc) is 3.10. The molecule has 0 bridgehead atoms. The van der Waals surface area contributed by atoms with Crippen LogP contribution in [0.4, 0.5) is 10.5 Å². The summed E-state index contributed by atoms with van der Waals surface area (Å²) >= 11 is 0. The Morgan fingerprint density at radius 3 is 2.85 bits per heavy atom. The fraction of sp³-hybridized carbons (Fsp3) is 0.500.